The molecule has 0 aromatic heterocycles. The molecule has 4 atom stereocenters. The summed E-state index contributed by atoms with van der Waals surface area (Å²) in [5, 5.41) is 48.0. The lowest BCUT2D eigenvalue weighted by Crippen LogP contribution is -2.49. The molecule has 6 nitrogen and oxygen atoms in total. The van der Waals surface area contributed by atoms with E-state index in [-0.39, 0.29) is 10.9 Å². The predicted molar refractivity (Wildman–Crippen MR) is 60.7 cm³/mol. The molecule has 0 unspecified atom stereocenters. The molecule has 0 saturated carbocycles. The van der Waals surface area contributed by atoms with Gasteiger partial charge in [-0.05, 0) is 0 Å². The molecule has 15 heavy (non-hydrogen) atoms. The second-order valence-electron chi connectivity index (χ2n) is 2.97. The normalized spacial score (nSPS) is 19.9. The second-order valence-corrected chi connectivity index (χ2v) is 4.04. The average molecular weight is 258 g/mol. The van der Waals surface area contributed by atoms with Gasteiger partial charge in [-0.15, -0.1) is 12.5 Å². The summed E-state index contributed by atoms with van der Waals surface area (Å²) in [4.78, 5) is 0. The fourth-order valence-electron chi connectivity index (χ4n) is 0.872. The molecule has 0 aromatic rings. The van der Waals surface area contributed by atoms with Crippen molar-refractivity contribution < 1.29 is 25.5 Å². The third kappa shape index (κ3) is 5.61. The van der Waals surface area contributed by atoms with Crippen LogP contribution >= 0.6 is 24.8 Å². The number of rotatable bonds is 6. The van der Waals surface area contributed by atoms with E-state index < -0.39 is 31.0 Å². The van der Waals surface area contributed by atoms with Crippen molar-refractivity contribution in [2.24, 2.45) is 0 Å². The Morgan fingerprint density at radius 3 is 2.27 bits per heavy atom. The maximum atomic E-state index is 9.38. The van der Waals surface area contributed by atoms with Crippen molar-refractivity contribution in [3.63, 3.8) is 0 Å². The number of hydrogen-bond donors (Lipinski definition) is 7. The lowest BCUT2D eigenvalue weighted by Gasteiger charge is -2.25. The quantitative estimate of drug-likeness (QED) is 0.204. The molecule has 0 rings (SSSR count). The zero-order valence-corrected chi connectivity index (χ0v) is 9.41. The van der Waals surface area contributed by atoms with E-state index >= 15 is 0 Å². The largest absolute Gasteiger partial charge is 0.394 e. The molecule has 0 spiro atoms. The molecule has 0 heterocycles. The standard InChI is InChI=1S/C7H15NO5S2/c9-2-4(11)6(13)5(12)3(10)1-8-7(14)15/h3-6,9-13H,1-2H2,(H2,8,14,15)/t3-,4+,5+,6+/m0/s1/i/hD. The fourth-order valence-corrected chi connectivity index (χ4v) is 1.04. The van der Waals surface area contributed by atoms with Gasteiger partial charge < -0.3 is 30.8 Å². The van der Waals surface area contributed by atoms with Crippen LogP contribution < -0.4 is 5.32 Å². The zero-order valence-electron chi connectivity index (χ0n) is 8.78. The predicted octanol–water partition coefficient (Wildman–Crippen LogP) is -2.77. The van der Waals surface area contributed by atoms with Gasteiger partial charge in [-0.3, -0.25) is 0 Å². The van der Waals surface area contributed by atoms with Gasteiger partial charge in [0.05, 0.1) is 12.7 Å². The SMILES string of the molecule is [2H]SC(=S)NC[C@H](O)[C@@H](O)[C@H](O)[C@H](O)CO. The molecular formula is C7H15NO5S2. The highest BCUT2D eigenvalue weighted by Crippen LogP contribution is 2.04. The number of aliphatic hydroxyl groups excluding tert-OH is 5. The first-order chi connectivity index (χ1) is 7.43. The van der Waals surface area contributed by atoms with E-state index in [0.717, 1.165) is 0 Å². The summed E-state index contributed by atoms with van der Waals surface area (Å²) in [7, 11) is 0. The Bertz CT molecular complexity index is 223. The van der Waals surface area contributed by atoms with Crippen LogP contribution in [0.5, 0.6) is 0 Å². The van der Waals surface area contributed by atoms with Crippen LogP contribution in [0.2, 0.25) is 0 Å². The van der Waals surface area contributed by atoms with Crippen molar-refractivity contribution in [1.29, 1.82) is 1.12 Å². The highest BCUT2D eigenvalue weighted by atomic mass is 32.1. The minimum absolute atomic E-state index is 0.114. The van der Waals surface area contributed by atoms with Crippen LogP contribution in [0.3, 0.4) is 0 Å². The summed E-state index contributed by atoms with van der Waals surface area (Å²) in [6.45, 7) is -0.888. The Morgan fingerprint density at radius 1 is 1.27 bits per heavy atom. The van der Waals surface area contributed by atoms with Crippen molar-refractivity contribution >= 4 is 29.1 Å². The lowest BCUT2D eigenvalue weighted by molar-refractivity contribution is -0.113. The van der Waals surface area contributed by atoms with E-state index in [1.165, 1.54) is 0 Å². The third-order valence-electron chi connectivity index (χ3n) is 1.78. The van der Waals surface area contributed by atoms with Crippen LogP contribution in [0.4, 0.5) is 0 Å². The van der Waals surface area contributed by atoms with Gasteiger partial charge >= 0.3 is 0 Å². The van der Waals surface area contributed by atoms with Gasteiger partial charge in [0.15, 0.2) is 0 Å². The van der Waals surface area contributed by atoms with Crippen LogP contribution in [-0.4, -0.2) is 68.5 Å². The van der Waals surface area contributed by atoms with E-state index in [0.29, 0.717) is 12.5 Å². The average Bonchev–Trinajstić information content (AvgIpc) is 2.32. The highest BCUT2D eigenvalue weighted by molar-refractivity contribution is 8.11. The lowest BCUT2D eigenvalue weighted by atomic mass is 10.0. The zero-order chi connectivity index (χ0) is 12.7. The van der Waals surface area contributed by atoms with Crippen molar-refractivity contribution in [2.45, 2.75) is 24.4 Å². The molecule has 0 amide bonds. The van der Waals surface area contributed by atoms with Gasteiger partial charge in [-0.1, -0.05) is 12.2 Å². The minimum Gasteiger partial charge on any atom is -0.394 e. The van der Waals surface area contributed by atoms with Gasteiger partial charge in [0.1, 0.15) is 23.8 Å². The van der Waals surface area contributed by atoms with E-state index in [4.69, 9.17) is 11.3 Å². The summed E-state index contributed by atoms with van der Waals surface area (Å²) in [6.07, 6.45) is -6.17. The number of hydrogen-bond acceptors (Lipinski definition) is 7. The Hall–Kier alpha value is 0.0400. The van der Waals surface area contributed by atoms with Crippen LogP contribution in [0.25, 0.3) is 0 Å². The van der Waals surface area contributed by atoms with Gasteiger partial charge in [-0.2, -0.15) is 0 Å². The summed E-state index contributed by atoms with van der Waals surface area (Å²) < 4.78 is 6.90. The first kappa shape index (κ1) is 13.1. The Kier molecular flexibility index (Phi) is 6.41. The van der Waals surface area contributed by atoms with E-state index in [2.05, 4.69) is 17.5 Å². The minimum atomic E-state index is -1.65. The van der Waals surface area contributed by atoms with Gasteiger partial charge in [-0.25, -0.2) is 0 Å². The highest BCUT2D eigenvalue weighted by Gasteiger charge is 2.29. The summed E-state index contributed by atoms with van der Waals surface area (Å²) in [6, 6.07) is 0. The van der Waals surface area contributed by atoms with Crippen molar-refractivity contribution in [2.75, 3.05) is 13.2 Å². The number of thiocarbonyl (C=S) groups is 1. The molecular weight excluding hydrogens is 242 g/mol. The maximum absolute atomic E-state index is 9.38. The first-order valence-corrected chi connectivity index (χ1v) is 4.99. The summed E-state index contributed by atoms with van der Waals surface area (Å²) >= 11 is 5.14. The van der Waals surface area contributed by atoms with Crippen LogP contribution in [0.1, 0.15) is 0 Å². The van der Waals surface area contributed by atoms with E-state index in [1.54, 1.807) is 0 Å². The monoisotopic (exact) mass is 258 g/mol. The molecule has 8 heteroatoms. The Labute approximate surface area is 99.0 Å². The number of nitrogens with one attached hydrogen (secondary N) is 1. The van der Waals surface area contributed by atoms with Gasteiger partial charge in [0.25, 0.3) is 0 Å². The number of aliphatic hydroxyl groups is 5. The Balaban J connectivity index is 4.06. The molecule has 6 N–H and O–H groups in total. The van der Waals surface area contributed by atoms with E-state index in [1.807, 2.05) is 0 Å². The summed E-state index contributed by atoms with van der Waals surface area (Å²) in [5.74, 6) is 0. The van der Waals surface area contributed by atoms with Crippen molar-refractivity contribution in [1.82, 2.24) is 5.32 Å². The molecule has 90 valence electrons. The van der Waals surface area contributed by atoms with Gasteiger partial charge in [0, 0.05) is 6.54 Å². The molecule has 0 aromatic carbocycles. The molecule has 0 saturated heterocycles. The Morgan fingerprint density at radius 2 is 1.80 bits per heavy atom. The number of thiol groups is 1. The van der Waals surface area contributed by atoms with Gasteiger partial charge in [0.2, 0.25) is 0 Å². The molecule has 0 radical (unpaired) electrons. The molecule has 0 aliphatic heterocycles. The first-order valence-electron chi connectivity index (χ1n) is 4.59. The molecule has 0 aliphatic carbocycles. The van der Waals surface area contributed by atoms with Crippen LogP contribution in [-0.2, 0) is 0 Å². The van der Waals surface area contributed by atoms with Crippen molar-refractivity contribution in [3.8, 4) is 0 Å². The fraction of sp³-hybridized carbons (Fsp3) is 0.857. The topological polar surface area (TPSA) is 113 Å². The molecule has 0 fully saturated rings. The van der Waals surface area contributed by atoms with Crippen LogP contribution in [0, 0.1) is 0 Å². The second kappa shape index (κ2) is 7.34. The maximum Gasteiger partial charge on any atom is 0.130 e. The van der Waals surface area contributed by atoms with Crippen molar-refractivity contribution in [3.05, 3.63) is 0 Å². The third-order valence-corrected chi connectivity index (χ3v) is 2.07. The van der Waals surface area contributed by atoms with Crippen LogP contribution in [0.15, 0.2) is 0 Å². The van der Waals surface area contributed by atoms with E-state index in [9.17, 15) is 15.3 Å². The molecule has 0 bridgehead atoms. The summed E-state index contributed by atoms with van der Waals surface area (Å²) in [5.41, 5.74) is 0. The molecule has 0 aliphatic rings. The smallest absolute Gasteiger partial charge is 0.130 e.